The van der Waals surface area contributed by atoms with E-state index < -0.39 is 0 Å². The molecule has 0 spiro atoms. The van der Waals surface area contributed by atoms with Crippen molar-refractivity contribution in [3.63, 3.8) is 0 Å². The van der Waals surface area contributed by atoms with E-state index in [0.29, 0.717) is 0 Å². The van der Waals surface area contributed by atoms with Crippen LogP contribution in [0.15, 0.2) is 24.3 Å². The van der Waals surface area contributed by atoms with Crippen LogP contribution in [0.1, 0.15) is 64.9 Å². The molecule has 110 valence electrons. The third-order valence-corrected chi connectivity index (χ3v) is 4.53. The fourth-order valence-electron chi connectivity index (χ4n) is 3.21. The third kappa shape index (κ3) is 3.62. The van der Waals surface area contributed by atoms with E-state index in [1.54, 1.807) is 0 Å². The van der Waals surface area contributed by atoms with Crippen LogP contribution in [0.2, 0.25) is 0 Å². The molecule has 1 saturated carbocycles. The van der Waals surface area contributed by atoms with E-state index in [1.165, 1.54) is 31.2 Å². The van der Waals surface area contributed by atoms with Gasteiger partial charge in [0.2, 0.25) is 5.91 Å². The molecule has 0 saturated heterocycles. The van der Waals surface area contributed by atoms with E-state index in [-0.39, 0.29) is 17.2 Å². The van der Waals surface area contributed by atoms with E-state index in [9.17, 15) is 4.79 Å². The molecule has 1 N–H and O–H groups in total. The SMILES string of the molecule is CCCC(C)(C)c1ccc(NC(=O)C2CCCC2)cc1. The molecule has 1 aliphatic carbocycles. The van der Waals surface area contributed by atoms with Crippen LogP contribution in [0, 0.1) is 5.92 Å². The fourth-order valence-corrected chi connectivity index (χ4v) is 3.21. The zero-order valence-corrected chi connectivity index (χ0v) is 13.0. The molecule has 2 heteroatoms. The number of carbonyl (C=O) groups is 1. The quantitative estimate of drug-likeness (QED) is 0.812. The predicted molar refractivity (Wildman–Crippen MR) is 85.0 cm³/mol. The molecular formula is C18H27NO. The number of amides is 1. The molecule has 2 rings (SSSR count). The summed E-state index contributed by atoms with van der Waals surface area (Å²) in [7, 11) is 0. The molecule has 0 heterocycles. The lowest BCUT2D eigenvalue weighted by atomic mass is 9.81. The Kier molecular flexibility index (Phi) is 4.85. The first-order valence-electron chi connectivity index (χ1n) is 7.94. The maximum atomic E-state index is 12.1. The van der Waals surface area contributed by atoms with E-state index in [0.717, 1.165) is 18.5 Å². The van der Waals surface area contributed by atoms with Gasteiger partial charge in [-0.25, -0.2) is 0 Å². The maximum Gasteiger partial charge on any atom is 0.227 e. The molecule has 1 aromatic carbocycles. The van der Waals surface area contributed by atoms with Crippen molar-refractivity contribution >= 4 is 11.6 Å². The van der Waals surface area contributed by atoms with Crippen molar-refractivity contribution in [2.45, 2.75) is 64.7 Å². The standard InChI is InChI=1S/C18H27NO/c1-4-13-18(2,3)15-9-11-16(12-10-15)19-17(20)14-7-5-6-8-14/h9-12,14H,4-8,13H2,1-3H3,(H,19,20). The van der Waals surface area contributed by atoms with Crippen LogP contribution in [-0.4, -0.2) is 5.91 Å². The van der Waals surface area contributed by atoms with Crippen molar-refractivity contribution in [1.82, 2.24) is 0 Å². The molecule has 0 radical (unpaired) electrons. The van der Waals surface area contributed by atoms with Crippen molar-refractivity contribution in [3.8, 4) is 0 Å². The van der Waals surface area contributed by atoms with Gasteiger partial charge in [-0.1, -0.05) is 52.2 Å². The van der Waals surface area contributed by atoms with Crippen LogP contribution >= 0.6 is 0 Å². The van der Waals surface area contributed by atoms with E-state index in [4.69, 9.17) is 0 Å². The largest absolute Gasteiger partial charge is 0.326 e. The highest BCUT2D eigenvalue weighted by Gasteiger charge is 2.23. The van der Waals surface area contributed by atoms with E-state index in [2.05, 4.69) is 38.2 Å². The summed E-state index contributed by atoms with van der Waals surface area (Å²) in [5.74, 6) is 0.425. The van der Waals surface area contributed by atoms with Gasteiger partial charge in [0, 0.05) is 11.6 Å². The van der Waals surface area contributed by atoms with Gasteiger partial charge in [-0.2, -0.15) is 0 Å². The molecule has 0 unspecified atom stereocenters. The molecule has 20 heavy (non-hydrogen) atoms. The average molecular weight is 273 g/mol. The summed E-state index contributed by atoms with van der Waals surface area (Å²) in [6.07, 6.45) is 6.86. The first-order chi connectivity index (χ1) is 9.53. The second-order valence-electron chi connectivity index (χ2n) is 6.68. The number of hydrogen-bond acceptors (Lipinski definition) is 1. The molecule has 1 aromatic rings. The van der Waals surface area contributed by atoms with Gasteiger partial charge in [-0.15, -0.1) is 0 Å². The zero-order chi connectivity index (χ0) is 14.6. The minimum Gasteiger partial charge on any atom is -0.326 e. The van der Waals surface area contributed by atoms with Crippen molar-refractivity contribution < 1.29 is 4.79 Å². The molecule has 2 nitrogen and oxygen atoms in total. The van der Waals surface area contributed by atoms with Crippen molar-refractivity contribution in [3.05, 3.63) is 29.8 Å². The van der Waals surface area contributed by atoms with Crippen LogP contribution in [-0.2, 0) is 10.2 Å². The first-order valence-corrected chi connectivity index (χ1v) is 7.94. The number of nitrogens with one attached hydrogen (secondary N) is 1. The summed E-state index contributed by atoms with van der Waals surface area (Å²) in [5.41, 5.74) is 2.49. The summed E-state index contributed by atoms with van der Waals surface area (Å²) >= 11 is 0. The van der Waals surface area contributed by atoms with Gasteiger partial charge in [0.25, 0.3) is 0 Å². The topological polar surface area (TPSA) is 29.1 Å². The Hall–Kier alpha value is -1.31. The van der Waals surface area contributed by atoms with Crippen LogP contribution in [0.5, 0.6) is 0 Å². The minimum atomic E-state index is 0.197. The Morgan fingerprint density at radius 2 is 1.80 bits per heavy atom. The summed E-state index contributed by atoms with van der Waals surface area (Å²) in [4.78, 5) is 12.1. The van der Waals surface area contributed by atoms with Crippen molar-refractivity contribution in [1.29, 1.82) is 0 Å². The Morgan fingerprint density at radius 1 is 1.20 bits per heavy atom. The molecule has 0 aliphatic heterocycles. The average Bonchev–Trinajstić information content (AvgIpc) is 2.93. The molecule has 1 fully saturated rings. The Bertz CT molecular complexity index is 441. The van der Waals surface area contributed by atoms with Crippen LogP contribution in [0.4, 0.5) is 5.69 Å². The second kappa shape index (κ2) is 6.43. The lowest BCUT2D eigenvalue weighted by molar-refractivity contribution is -0.119. The first kappa shape index (κ1) is 15.1. The zero-order valence-electron chi connectivity index (χ0n) is 13.0. The Balaban J connectivity index is 1.99. The normalized spacial score (nSPS) is 16.4. The number of anilines is 1. The molecule has 1 amide bonds. The number of benzene rings is 1. The van der Waals surface area contributed by atoms with E-state index >= 15 is 0 Å². The molecule has 0 bridgehead atoms. The monoisotopic (exact) mass is 273 g/mol. The van der Waals surface area contributed by atoms with Crippen molar-refractivity contribution in [2.75, 3.05) is 5.32 Å². The van der Waals surface area contributed by atoms with Gasteiger partial charge in [-0.3, -0.25) is 4.79 Å². The predicted octanol–water partition coefficient (Wildman–Crippen LogP) is 4.89. The lowest BCUT2D eigenvalue weighted by Gasteiger charge is -2.25. The van der Waals surface area contributed by atoms with Crippen LogP contribution in [0.25, 0.3) is 0 Å². The third-order valence-electron chi connectivity index (χ3n) is 4.53. The summed E-state index contributed by atoms with van der Waals surface area (Å²) in [6.45, 7) is 6.78. The lowest BCUT2D eigenvalue weighted by Crippen LogP contribution is -2.20. The van der Waals surface area contributed by atoms with Gasteiger partial charge in [0.15, 0.2) is 0 Å². The molecule has 0 atom stereocenters. The summed E-state index contributed by atoms with van der Waals surface area (Å²) in [5, 5.41) is 3.06. The van der Waals surface area contributed by atoms with Gasteiger partial charge < -0.3 is 5.32 Å². The van der Waals surface area contributed by atoms with Crippen molar-refractivity contribution in [2.24, 2.45) is 5.92 Å². The number of rotatable bonds is 5. The molecule has 0 aromatic heterocycles. The number of carbonyl (C=O) groups excluding carboxylic acids is 1. The van der Waals surface area contributed by atoms with Crippen LogP contribution < -0.4 is 5.32 Å². The summed E-state index contributed by atoms with van der Waals surface area (Å²) in [6, 6.07) is 8.39. The summed E-state index contributed by atoms with van der Waals surface area (Å²) < 4.78 is 0. The smallest absolute Gasteiger partial charge is 0.227 e. The highest BCUT2D eigenvalue weighted by Crippen LogP contribution is 2.30. The second-order valence-corrected chi connectivity index (χ2v) is 6.68. The van der Waals surface area contributed by atoms with Gasteiger partial charge in [-0.05, 0) is 42.4 Å². The fraction of sp³-hybridized carbons (Fsp3) is 0.611. The Morgan fingerprint density at radius 3 is 2.35 bits per heavy atom. The van der Waals surface area contributed by atoms with Gasteiger partial charge in [0.1, 0.15) is 0 Å². The van der Waals surface area contributed by atoms with Crippen LogP contribution in [0.3, 0.4) is 0 Å². The van der Waals surface area contributed by atoms with Gasteiger partial charge >= 0.3 is 0 Å². The highest BCUT2D eigenvalue weighted by atomic mass is 16.1. The number of hydrogen-bond donors (Lipinski definition) is 1. The Labute approximate surface area is 123 Å². The molecular weight excluding hydrogens is 246 g/mol. The molecule has 1 aliphatic rings. The maximum absolute atomic E-state index is 12.1. The highest BCUT2D eigenvalue weighted by molar-refractivity contribution is 5.92. The van der Waals surface area contributed by atoms with E-state index in [1.807, 2.05) is 12.1 Å². The minimum absolute atomic E-state index is 0.197. The van der Waals surface area contributed by atoms with Gasteiger partial charge in [0.05, 0.1) is 0 Å².